The second-order valence-corrected chi connectivity index (χ2v) is 5.56. The molecule has 2 heteroatoms. The predicted octanol–water partition coefficient (Wildman–Crippen LogP) is 5.97. The van der Waals surface area contributed by atoms with E-state index in [0.29, 0.717) is 6.42 Å². The topological polar surface area (TPSA) is 26.3 Å². The van der Waals surface area contributed by atoms with Crippen LogP contribution < -0.4 is 0 Å². The molecule has 0 amide bonds. The molecule has 0 aromatic heterocycles. The third kappa shape index (κ3) is 16.9. The smallest absolute Gasteiger partial charge is 0.305 e. The second-order valence-electron chi connectivity index (χ2n) is 5.56. The minimum Gasteiger partial charge on any atom is -0.469 e. The molecule has 0 fully saturated rings. The highest BCUT2D eigenvalue weighted by Gasteiger charge is 1.98. The van der Waals surface area contributed by atoms with Crippen molar-refractivity contribution in [3.05, 3.63) is 24.3 Å². The molecule has 0 unspecified atom stereocenters. The van der Waals surface area contributed by atoms with E-state index >= 15 is 0 Å². The van der Waals surface area contributed by atoms with E-state index in [0.717, 1.165) is 19.3 Å². The summed E-state index contributed by atoms with van der Waals surface area (Å²) in [5.41, 5.74) is 0. The molecule has 0 bridgehead atoms. The summed E-state index contributed by atoms with van der Waals surface area (Å²) in [4.78, 5) is 10.9. The number of unbranched alkanes of at least 4 members (excludes halogenated alkanes) is 8. The van der Waals surface area contributed by atoms with Crippen LogP contribution in [0.5, 0.6) is 0 Å². The van der Waals surface area contributed by atoms with Crippen LogP contribution in [-0.2, 0) is 9.53 Å². The van der Waals surface area contributed by atoms with Gasteiger partial charge in [-0.05, 0) is 32.1 Å². The molecule has 2 nitrogen and oxygen atoms in total. The van der Waals surface area contributed by atoms with E-state index in [1.165, 1.54) is 58.5 Å². The van der Waals surface area contributed by atoms with Crippen molar-refractivity contribution >= 4 is 5.97 Å². The van der Waals surface area contributed by atoms with Gasteiger partial charge < -0.3 is 4.74 Å². The summed E-state index contributed by atoms with van der Waals surface area (Å²) >= 11 is 0. The second kappa shape index (κ2) is 17.0. The summed E-state index contributed by atoms with van der Waals surface area (Å²) in [5, 5.41) is 0. The van der Waals surface area contributed by atoms with Crippen molar-refractivity contribution in [2.75, 3.05) is 7.11 Å². The molecule has 0 N–H and O–H groups in total. The molecule has 0 spiro atoms. The zero-order valence-corrected chi connectivity index (χ0v) is 14.1. The summed E-state index contributed by atoms with van der Waals surface area (Å²) in [6.45, 7) is 2.23. The van der Waals surface area contributed by atoms with Crippen LogP contribution in [-0.4, -0.2) is 13.1 Å². The molecular formula is C19H34O2. The normalized spacial score (nSPS) is 11.5. The Morgan fingerprint density at radius 2 is 1.38 bits per heavy atom. The third-order valence-corrected chi connectivity index (χ3v) is 3.56. The fourth-order valence-electron chi connectivity index (χ4n) is 2.17. The number of carbonyl (C=O) groups is 1. The molecule has 0 saturated heterocycles. The standard InChI is InChI=1S/C19H34O2/c1-3-4-5-6-7-8-9-10-11-12-13-14-15-16-17-18-19(20)21-2/h6-7,9-10H,3-5,8,11-18H2,1-2H3. The Morgan fingerprint density at radius 3 is 2.00 bits per heavy atom. The molecule has 0 aliphatic carbocycles. The minimum atomic E-state index is -0.0797. The van der Waals surface area contributed by atoms with E-state index in [2.05, 4.69) is 36.0 Å². The van der Waals surface area contributed by atoms with Gasteiger partial charge in [0.1, 0.15) is 0 Å². The Labute approximate surface area is 131 Å². The molecule has 0 aromatic carbocycles. The first-order valence-electron chi connectivity index (χ1n) is 8.68. The summed E-state index contributed by atoms with van der Waals surface area (Å²) < 4.78 is 4.62. The van der Waals surface area contributed by atoms with Crippen molar-refractivity contribution in [2.45, 2.75) is 84.0 Å². The fourth-order valence-corrected chi connectivity index (χ4v) is 2.17. The number of rotatable bonds is 14. The molecule has 0 aliphatic heterocycles. The van der Waals surface area contributed by atoms with Crippen LogP contribution in [0.25, 0.3) is 0 Å². The van der Waals surface area contributed by atoms with Crippen molar-refractivity contribution in [3.8, 4) is 0 Å². The Kier molecular flexibility index (Phi) is 16.2. The van der Waals surface area contributed by atoms with E-state index in [4.69, 9.17) is 0 Å². The van der Waals surface area contributed by atoms with E-state index in [1.807, 2.05) is 0 Å². The van der Waals surface area contributed by atoms with Crippen molar-refractivity contribution in [3.63, 3.8) is 0 Å². The molecule has 0 radical (unpaired) electrons. The lowest BCUT2D eigenvalue weighted by molar-refractivity contribution is -0.140. The number of allylic oxidation sites excluding steroid dienone is 4. The maximum absolute atomic E-state index is 10.9. The van der Waals surface area contributed by atoms with Crippen molar-refractivity contribution in [1.82, 2.24) is 0 Å². The highest BCUT2D eigenvalue weighted by atomic mass is 16.5. The van der Waals surface area contributed by atoms with Crippen LogP contribution in [0.2, 0.25) is 0 Å². The first kappa shape index (κ1) is 19.9. The summed E-state index contributed by atoms with van der Waals surface area (Å²) in [6.07, 6.45) is 23.0. The van der Waals surface area contributed by atoms with Crippen LogP contribution >= 0.6 is 0 Å². The molecule has 0 rings (SSSR count). The minimum absolute atomic E-state index is 0.0797. The van der Waals surface area contributed by atoms with Gasteiger partial charge in [0.05, 0.1) is 7.11 Å². The molecule has 0 aliphatic rings. The fraction of sp³-hybridized carbons (Fsp3) is 0.737. The lowest BCUT2D eigenvalue weighted by Crippen LogP contribution is -1.99. The van der Waals surface area contributed by atoms with Crippen molar-refractivity contribution < 1.29 is 9.53 Å². The molecule has 0 atom stereocenters. The van der Waals surface area contributed by atoms with Crippen LogP contribution in [0.1, 0.15) is 84.0 Å². The third-order valence-electron chi connectivity index (χ3n) is 3.56. The largest absolute Gasteiger partial charge is 0.469 e. The average molecular weight is 294 g/mol. The molecule has 0 heterocycles. The summed E-state index contributed by atoms with van der Waals surface area (Å²) in [7, 11) is 1.46. The van der Waals surface area contributed by atoms with Gasteiger partial charge in [0.25, 0.3) is 0 Å². The molecule has 0 aromatic rings. The summed E-state index contributed by atoms with van der Waals surface area (Å²) in [6, 6.07) is 0. The van der Waals surface area contributed by atoms with Crippen LogP contribution in [0.15, 0.2) is 24.3 Å². The van der Waals surface area contributed by atoms with E-state index in [9.17, 15) is 4.79 Å². The van der Waals surface area contributed by atoms with Gasteiger partial charge in [-0.2, -0.15) is 0 Å². The first-order chi connectivity index (χ1) is 10.3. The first-order valence-corrected chi connectivity index (χ1v) is 8.68. The quantitative estimate of drug-likeness (QED) is 0.224. The zero-order chi connectivity index (χ0) is 15.6. The number of ether oxygens (including phenoxy) is 1. The van der Waals surface area contributed by atoms with E-state index in [1.54, 1.807) is 0 Å². The maximum Gasteiger partial charge on any atom is 0.305 e. The van der Waals surface area contributed by atoms with Gasteiger partial charge in [0.15, 0.2) is 0 Å². The van der Waals surface area contributed by atoms with Crippen LogP contribution in [0, 0.1) is 0 Å². The van der Waals surface area contributed by atoms with Gasteiger partial charge in [-0.25, -0.2) is 0 Å². The highest BCUT2D eigenvalue weighted by Crippen LogP contribution is 2.09. The van der Waals surface area contributed by atoms with Gasteiger partial charge in [-0.1, -0.05) is 69.8 Å². The monoisotopic (exact) mass is 294 g/mol. The summed E-state index contributed by atoms with van der Waals surface area (Å²) in [5.74, 6) is -0.0797. The Hall–Kier alpha value is -1.05. The van der Waals surface area contributed by atoms with Crippen molar-refractivity contribution in [2.24, 2.45) is 0 Å². The number of esters is 1. The van der Waals surface area contributed by atoms with Gasteiger partial charge in [0.2, 0.25) is 0 Å². The number of methoxy groups -OCH3 is 1. The van der Waals surface area contributed by atoms with Gasteiger partial charge in [-0.3, -0.25) is 4.79 Å². The van der Waals surface area contributed by atoms with E-state index in [-0.39, 0.29) is 5.97 Å². The Bertz CT molecular complexity index is 279. The highest BCUT2D eigenvalue weighted by molar-refractivity contribution is 5.68. The van der Waals surface area contributed by atoms with Gasteiger partial charge in [0, 0.05) is 6.42 Å². The van der Waals surface area contributed by atoms with E-state index < -0.39 is 0 Å². The zero-order valence-electron chi connectivity index (χ0n) is 14.1. The lowest BCUT2D eigenvalue weighted by Gasteiger charge is -2.00. The molecule has 21 heavy (non-hydrogen) atoms. The van der Waals surface area contributed by atoms with Crippen molar-refractivity contribution in [1.29, 1.82) is 0 Å². The maximum atomic E-state index is 10.9. The van der Waals surface area contributed by atoms with Crippen LogP contribution in [0.3, 0.4) is 0 Å². The Balaban J connectivity index is 3.18. The van der Waals surface area contributed by atoms with Gasteiger partial charge in [-0.15, -0.1) is 0 Å². The number of carbonyl (C=O) groups excluding carboxylic acids is 1. The molecule has 0 saturated carbocycles. The Morgan fingerprint density at radius 1 is 0.810 bits per heavy atom. The predicted molar refractivity (Wildman–Crippen MR) is 91.4 cm³/mol. The SMILES string of the molecule is CCCCC=CCC=CCCCCCCCCC(=O)OC. The number of hydrogen-bond acceptors (Lipinski definition) is 2. The number of hydrogen-bond donors (Lipinski definition) is 0. The average Bonchev–Trinajstić information content (AvgIpc) is 2.50. The molecular weight excluding hydrogens is 260 g/mol. The molecule has 122 valence electrons. The lowest BCUT2D eigenvalue weighted by atomic mass is 10.1. The van der Waals surface area contributed by atoms with Gasteiger partial charge >= 0.3 is 5.97 Å². The van der Waals surface area contributed by atoms with Crippen LogP contribution in [0.4, 0.5) is 0 Å².